The molecule has 0 fully saturated rings. The molecule has 1 aliphatic rings. The zero-order chi connectivity index (χ0) is 18.9. The number of hydrogen-bond acceptors (Lipinski definition) is 5. The van der Waals surface area contributed by atoms with Gasteiger partial charge in [0.2, 0.25) is 5.91 Å². The molecule has 26 heavy (non-hydrogen) atoms. The summed E-state index contributed by atoms with van der Waals surface area (Å²) in [7, 11) is 1.85. The van der Waals surface area contributed by atoms with Gasteiger partial charge in [-0.2, -0.15) is 5.10 Å². The molecule has 1 amide bonds. The van der Waals surface area contributed by atoms with Crippen molar-refractivity contribution in [3.8, 4) is 0 Å². The molecule has 0 spiro atoms. The van der Waals surface area contributed by atoms with Crippen LogP contribution < -0.4 is 5.32 Å². The van der Waals surface area contributed by atoms with Gasteiger partial charge < -0.3 is 15.0 Å². The van der Waals surface area contributed by atoms with Gasteiger partial charge in [-0.1, -0.05) is 6.92 Å². The fourth-order valence-corrected chi connectivity index (χ4v) is 3.09. The molecule has 3 rings (SSSR count). The standard InChI is InChI=1S/C18H28N6O2/c1-5-18(2,3)20-15(25)12-23-8-9-24-13(11-23)10-14(21-24)16(26)17-19-6-7-22(17)4/h6-7,10,16,26H,5,8-9,11-12H2,1-4H3,(H,20,25)/t16-/m1/s1. The molecule has 2 aromatic heterocycles. The lowest BCUT2D eigenvalue weighted by Gasteiger charge is -2.29. The molecule has 0 aliphatic carbocycles. The Labute approximate surface area is 153 Å². The fourth-order valence-electron chi connectivity index (χ4n) is 3.09. The number of rotatable bonds is 6. The summed E-state index contributed by atoms with van der Waals surface area (Å²) in [6.07, 6.45) is 3.49. The second-order valence-corrected chi connectivity index (χ2v) is 7.58. The van der Waals surface area contributed by atoms with Gasteiger partial charge in [0.25, 0.3) is 0 Å². The Morgan fingerprint density at radius 3 is 2.85 bits per heavy atom. The van der Waals surface area contributed by atoms with Crippen molar-refractivity contribution in [3.63, 3.8) is 0 Å². The Morgan fingerprint density at radius 1 is 1.42 bits per heavy atom. The Kier molecular flexibility index (Phi) is 5.15. The van der Waals surface area contributed by atoms with Gasteiger partial charge in [0.15, 0.2) is 6.10 Å². The maximum Gasteiger partial charge on any atom is 0.234 e. The normalized spacial score (nSPS) is 16.3. The van der Waals surface area contributed by atoms with Gasteiger partial charge in [0.05, 0.1) is 24.5 Å². The maximum absolute atomic E-state index is 12.3. The topological polar surface area (TPSA) is 88.2 Å². The first kappa shape index (κ1) is 18.6. The lowest BCUT2D eigenvalue weighted by molar-refractivity contribution is -0.124. The van der Waals surface area contributed by atoms with E-state index in [-0.39, 0.29) is 11.4 Å². The first-order valence-corrected chi connectivity index (χ1v) is 9.04. The molecule has 8 nitrogen and oxygen atoms in total. The van der Waals surface area contributed by atoms with Crippen LogP contribution in [0.3, 0.4) is 0 Å². The highest BCUT2D eigenvalue weighted by Crippen LogP contribution is 2.22. The van der Waals surface area contributed by atoms with Crippen LogP contribution in [-0.2, 0) is 24.9 Å². The number of imidazole rings is 1. The largest absolute Gasteiger partial charge is 0.379 e. The molecule has 0 radical (unpaired) electrons. The van der Waals surface area contributed by atoms with Gasteiger partial charge in [-0.15, -0.1) is 0 Å². The molecule has 2 N–H and O–H groups in total. The summed E-state index contributed by atoms with van der Waals surface area (Å²) in [6, 6.07) is 1.90. The molecule has 1 atom stereocenters. The van der Waals surface area contributed by atoms with Gasteiger partial charge in [-0.05, 0) is 26.3 Å². The van der Waals surface area contributed by atoms with Crippen molar-refractivity contribution in [3.05, 3.63) is 35.7 Å². The van der Waals surface area contributed by atoms with Gasteiger partial charge in [-0.25, -0.2) is 4.98 Å². The maximum atomic E-state index is 12.3. The summed E-state index contributed by atoms with van der Waals surface area (Å²) in [4.78, 5) is 18.6. The lowest BCUT2D eigenvalue weighted by atomic mass is 10.0. The Balaban J connectivity index is 1.65. The Morgan fingerprint density at radius 2 is 2.19 bits per heavy atom. The smallest absolute Gasteiger partial charge is 0.234 e. The monoisotopic (exact) mass is 360 g/mol. The molecule has 0 saturated carbocycles. The van der Waals surface area contributed by atoms with Crippen molar-refractivity contribution in [1.29, 1.82) is 0 Å². The van der Waals surface area contributed by atoms with Crippen LogP contribution in [0.4, 0.5) is 0 Å². The van der Waals surface area contributed by atoms with E-state index < -0.39 is 6.10 Å². The second kappa shape index (κ2) is 7.20. The van der Waals surface area contributed by atoms with E-state index in [0.29, 0.717) is 31.2 Å². The number of fused-ring (bicyclic) bond motifs is 1. The van der Waals surface area contributed by atoms with Crippen molar-refractivity contribution in [2.24, 2.45) is 7.05 Å². The highest BCUT2D eigenvalue weighted by Gasteiger charge is 2.25. The van der Waals surface area contributed by atoms with Crippen LogP contribution in [-0.4, -0.2) is 53.9 Å². The van der Waals surface area contributed by atoms with Crippen LogP contribution in [0.25, 0.3) is 0 Å². The molecule has 0 saturated heterocycles. The number of hydrogen-bond donors (Lipinski definition) is 2. The molecule has 8 heteroatoms. The molecule has 1 aliphatic heterocycles. The number of aliphatic hydroxyl groups is 1. The molecular weight excluding hydrogens is 332 g/mol. The van der Waals surface area contributed by atoms with E-state index in [9.17, 15) is 9.90 Å². The number of carbonyl (C=O) groups excluding carboxylic acids is 1. The zero-order valence-corrected chi connectivity index (χ0v) is 15.9. The molecule has 0 bridgehead atoms. The summed E-state index contributed by atoms with van der Waals surface area (Å²) in [5.41, 5.74) is 1.41. The lowest BCUT2D eigenvalue weighted by Crippen LogP contribution is -2.48. The van der Waals surface area contributed by atoms with Gasteiger partial charge in [0, 0.05) is 38.1 Å². The van der Waals surface area contributed by atoms with E-state index in [0.717, 1.165) is 18.7 Å². The average molecular weight is 360 g/mol. The highest BCUT2D eigenvalue weighted by atomic mass is 16.3. The van der Waals surface area contributed by atoms with Crippen LogP contribution in [0.5, 0.6) is 0 Å². The Hall–Kier alpha value is -2.19. The average Bonchev–Trinajstić information content (AvgIpc) is 3.19. The summed E-state index contributed by atoms with van der Waals surface area (Å²) >= 11 is 0. The van der Waals surface area contributed by atoms with E-state index in [1.807, 2.05) is 31.6 Å². The van der Waals surface area contributed by atoms with E-state index in [4.69, 9.17) is 0 Å². The third-order valence-electron chi connectivity index (χ3n) is 5.01. The second-order valence-electron chi connectivity index (χ2n) is 7.58. The van der Waals surface area contributed by atoms with Gasteiger partial charge in [0.1, 0.15) is 5.82 Å². The molecule has 3 heterocycles. The van der Waals surface area contributed by atoms with Crippen molar-refractivity contribution < 1.29 is 9.90 Å². The third-order valence-corrected chi connectivity index (χ3v) is 5.01. The van der Waals surface area contributed by atoms with Crippen LogP contribution in [0, 0.1) is 0 Å². The van der Waals surface area contributed by atoms with E-state index in [1.165, 1.54) is 0 Å². The first-order chi connectivity index (χ1) is 12.3. The summed E-state index contributed by atoms with van der Waals surface area (Å²) in [5, 5.41) is 18.1. The van der Waals surface area contributed by atoms with E-state index >= 15 is 0 Å². The van der Waals surface area contributed by atoms with Crippen molar-refractivity contribution in [2.45, 2.75) is 51.9 Å². The third kappa shape index (κ3) is 3.96. The quantitative estimate of drug-likeness (QED) is 0.796. The minimum absolute atomic E-state index is 0.0399. The predicted octanol–water partition coefficient (Wildman–Crippen LogP) is 0.819. The number of carbonyl (C=O) groups is 1. The molecule has 142 valence electrons. The van der Waals surface area contributed by atoms with Gasteiger partial charge in [-0.3, -0.25) is 14.4 Å². The van der Waals surface area contributed by atoms with Crippen molar-refractivity contribution in [2.75, 3.05) is 13.1 Å². The minimum atomic E-state index is -0.852. The van der Waals surface area contributed by atoms with Crippen molar-refractivity contribution in [1.82, 2.24) is 29.5 Å². The van der Waals surface area contributed by atoms with E-state index in [1.54, 1.807) is 17.0 Å². The van der Waals surface area contributed by atoms with Crippen molar-refractivity contribution >= 4 is 5.91 Å². The molecular formula is C18H28N6O2. The highest BCUT2D eigenvalue weighted by molar-refractivity contribution is 5.78. The van der Waals surface area contributed by atoms with Crippen LogP contribution in [0.15, 0.2) is 18.5 Å². The van der Waals surface area contributed by atoms with Crippen LogP contribution in [0.2, 0.25) is 0 Å². The number of nitrogens with one attached hydrogen (secondary N) is 1. The van der Waals surface area contributed by atoms with Crippen LogP contribution >= 0.6 is 0 Å². The summed E-state index contributed by atoms with van der Waals surface area (Å²) in [6.45, 7) is 8.59. The number of nitrogens with zero attached hydrogens (tertiary/aromatic N) is 5. The predicted molar refractivity (Wildman–Crippen MR) is 97.3 cm³/mol. The number of aliphatic hydroxyl groups excluding tert-OH is 1. The number of aryl methyl sites for hydroxylation is 1. The fraction of sp³-hybridized carbons (Fsp3) is 0.611. The van der Waals surface area contributed by atoms with Crippen LogP contribution in [0.1, 0.15) is 50.5 Å². The summed E-state index contributed by atoms with van der Waals surface area (Å²) in [5.74, 6) is 0.608. The molecule has 2 aromatic rings. The molecule has 0 unspecified atom stereocenters. The molecule has 0 aromatic carbocycles. The SMILES string of the molecule is CCC(C)(C)NC(=O)CN1CCn2nc([C@@H](O)c3nccn3C)cc2C1. The number of amides is 1. The summed E-state index contributed by atoms with van der Waals surface area (Å²) < 4.78 is 3.70. The van der Waals surface area contributed by atoms with E-state index in [2.05, 4.69) is 27.2 Å². The number of aromatic nitrogens is 4. The Bertz CT molecular complexity index is 778. The zero-order valence-electron chi connectivity index (χ0n) is 15.9. The minimum Gasteiger partial charge on any atom is -0.379 e. The van der Waals surface area contributed by atoms with Gasteiger partial charge >= 0.3 is 0 Å². The first-order valence-electron chi connectivity index (χ1n) is 9.04.